The number of benzene rings is 8. The fraction of sp³-hybridized carbons (Fsp3) is 0. The molecule has 0 amide bonds. The minimum Gasteiger partial charge on any atom is -0.420 e. The molecule has 0 unspecified atom stereocenters. The smallest absolute Gasteiger partial charge is 0.323 e. The molecule has 4 nitrogen and oxygen atoms in total. The number of thiophene rings is 4. The highest BCUT2D eigenvalue weighted by Gasteiger charge is 2.37. The lowest BCUT2D eigenvalue weighted by molar-refractivity contribution is 1.59. The van der Waals surface area contributed by atoms with Crippen molar-refractivity contribution in [1.29, 1.82) is 0 Å². The van der Waals surface area contributed by atoms with Crippen LogP contribution in [0.25, 0.3) is 82.1 Å². The molecule has 4 aromatic heterocycles. The van der Waals surface area contributed by atoms with E-state index in [-0.39, 0.29) is 13.7 Å². The van der Waals surface area contributed by atoms with Gasteiger partial charge in [-0.3, -0.25) is 0 Å². The maximum atomic E-state index is 6.43. The van der Waals surface area contributed by atoms with Gasteiger partial charge in [0.05, 0.1) is 0 Å². The standard InChI is InChI=1S/C34H22B2N2S2.C22H16N2S2/c1-3-11-21(12-4-1)35-31-23-15-7-9-17-29(23)39-33(31)25-20-28-26(19-27(25)37-35)34-32(24-16-8-10-18-30(24)40-34)36(38-28)22-13-5-2-6-14-22;23-17-12-16(22-10-14-6-2-4-8-20(14)26-22)18(24)11-15(17)21-9-13-5-1-3-7-19(13)25-21/h1-20,37-38H;1-12H,23-24H2. The molecule has 0 aliphatic carbocycles. The lowest BCUT2D eigenvalue weighted by atomic mass is 9.47. The average molecular weight is 917 g/mol. The number of nitrogen functional groups attached to an aromatic ring is 2. The molecule has 2 aliphatic heterocycles. The molecule has 0 saturated carbocycles. The molecular weight excluding hydrogens is 879 g/mol. The summed E-state index contributed by atoms with van der Waals surface area (Å²) in [4.78, 5) is 5.04. The summed E-state index contributed by atoms with van der Waals surface area (Å²) in [6, 6.07) is 69.4. The van der Waals surface area contributed by atoms with Crippen LogP contribution in [0.4, 0.5) is 22.7 Å². The SMILES string of the molecule is Nc1cc(-c2cc3ccccc3s2)c(N)cc1-c1cc2ccccc2s1.c1ccc(B2Nc3cc4c(cc3-c3sc5ccccc5c32)NB(c2ccccc2)c2c-4sc3ccccc23)cc1. The third-order valence-corrected chi connectivity index (χ3v) is 17.7. The Morgan fingerprint density at radius 3 is 1.15 bits per heavy atom. The zero-order chi connectivity index (χ0) is 43.9. The van der Waals surface area contributed by atoms with Crippen LogP contribution in [-0.4, -0.2) is 13.7 Å². The number of nitrogens with two attached hydrogens (primary N) is 2. The van der Waals surface area contributed by atoms with Gasteiger partial charge in [0, 0.05) is 83.3 Å². The molecule has 2 aliphatic rings. The highest BCUT2D eigenvalue weighted by molar-refractivity contribution is 7.26. The average Bonchev–Trinajstić information content (AvgIpc) is 4.17. The summed E-state index contributed by atoms with van der Waals surface area (Å²) in [7, 11) is 0. The van der Waals surface area contributed by atoms with Gasteiger partial charge in [-0.05, 0) is 93.1 Å². The summed E-state index contributed by atoms with van der Waals surface area (Å²) in [6.45, 7) is 0.210. The topological polar surface area (TPSA) is 76.1 Å². The molecule has 0 saturated heterocycles. The first-order valence-corrected chi connectivity index (χ1v) is 25.3. The molecule has 14 rings (SSSR count). The number of hydrogen-bond acceptors (Lipinski definition) is 8. The van der Waals surface area contributed by atoms with Crippen LogP contribution in [0.1, 0.15) is 0 Å². The van der Waals surface area contributed by atoms with Gasteiger partial charge in [0.2, 0.25) is 0 Å². The van der Waals surface area contributed by atoms with E-state index in [9.17, 15) is 0 Å². The van der Waals surface area contributed by atoms with Crippen molar-refractivity contribution in [2.75, 3.05) is 21.9 Å². The molecule has 6 heterocycles. The third-order valence-electron chi connectivity index (χ3n) is 13.0. The van der Waals surface area contributed by atoms with E-state index in [1.165, 1.54) is 94.5 Å². The van der Waals surface area contributed by atoms with E-state index < -0.39 is 0 Å². The van der Waals surface area contributed by atoms with Gasteiger partial charge in [0.15, 0.2) is 0 Å². The van der Waals surface area contributed by atoms with Crippen LogP contribution in [0.2, 0.25) is 0 Å². The summed E-state index contributed by atoms with van der Waals surface area (Å²) in [5.74, 6) is 0. The van der Waals surface area contributed by atoms with Crippen LogP contribution < -0.4 is 43.8 Å². The Bertz CT molecular complexity index is 3520. The Morgan fingerprint density at radius 2 is 0.727 bits per heavy atom. The normalized spacial score (nSPS) is 12.5. The molecule has 0 bridgehead atoms. The van der Waals surface area contributed by atoms with Crippen LogP contribution in [0, 0.1) is 0 Å². The fourth-order valence-electron chi connectivity index (χ4n) is 9.85. The van der Waals surface area contributed by atoms with Crippen molar-refractivity contribution in [3.63, 3.8) is 0 Å². The minimum atomic E-state index is 0.105. The molecule has 8 aromatic carbocycles. The molecule has 66 heavy (non-hydrogen) atoms. The highest BCUT2D eigenvalue weighted by atomic mass is 32.1. The van der Waals surface area contributed by atoms with Gasteiger partial charge in [0.25, 0.3) is 0 Å². The first-order chi connectivity index (χ1) is 32.5. The maximum Gasteiger partial charge on any atom is 0.323 e. The van der Waals surface area contributed by atoms with Gasteiger partial charge in [-0.1, -0.05) is 144 Å². The highest BCUT2D eigenvalue weighted by Crippen LogP contribution is 2.48. The van der Waals surface area contributed by atoms with Gasteiger partial charge in [-0.25, -0.2) is 0 Å². The van der Waals surface area contributed by atoms with Gasteiger partial charge in [-0.15, -0.1) is 45.3 Å². The molecule has 0 atom stereocenters. The van der Waals surface area contributed by atoms with E-state index in [0.29, 0.717) is 0 Å². The molecule has 0 spiro atoms. The van der Waals surface area contributed by atoms with Crippen molar-refractivity contribution in [2.24, 2.45) is 0 Å². The Hall–Kier alpha value is -7.07. The van der Waals surface area contributed by atoms with Gasteiger partial charge in [-0.2, -0.15) is 0 Å². The van der Waals surface area contributed by atoms with E-state index >= 15 is 0 Å². The van der Waals surface area contributed by atoms with E-state index in [0.717, 1.165) is 32.3 Å². The molecule has 12 aromatic rings. The van der Waals surface area contributed by atoms with E-state index in [4.69, 9.17) is 11.5 Å². The summed E-state index contributed by atoms with van der Waals surface area (Å²) >= 11 is 7.32. The third kappa shape index (κ3) is 6.55. The second kappa shape index (κ2) is 15.8. The van der Waals surface area contributed by atoms with Gasteiger partial charge >= 0.3 is 13.7 Å². The zero-order valence-electron chi connectivity index (χ0n) is 35.4. The van der Waals surface area contributed by atoms with Crippen molar-refractivity contribution < 1.29 is 0 Å². The van der Waals surface area contributed by atoms with Crippen molar-refractivity contribution in [2.45, 2.75) is 0 Å². The maximum absolute atomic E-state index is 6.43. The molecule has 10 heteroatoms. The van der Waals surface area contributed by atoms with Crippen molar-refractivity contribution in [1.82, 2.24) is 0 Å². The summed E-state index contributed by atoms with van der Waals surface area (Å²) in [5, 5.41) is 13.1. The lowest BCUT2D eigenvalue weighted by Crippen LogP contribution is -2.52. The summed E-state index contributed by atoms with van der Waals surface area (Å²) in [5.41, 5.74) is 26.7. The van der Waals surface area contributed by atoms with E-state index in [1.807, 2.05) is 34.8 Å². The van der Waals surface area contributed by atoms with E-state index in [2.05, 4.69) is 192 Å². The van der Waals surface area contributed by atoms with E-state index in [1.54, 1.807) is 22.7 Å². The largest absolute Gasteiger partial charge is 0.420 e. The van der Waals surface area contributed by atoms with Crippen LogP contribution >= 0.6 is 45.3 Å². The zero-order valence-corrected chi connectivity index (χ0v) is 38.7. The van der Waals surface area contributed by atoms with Crippen LogP contribution in [0.5, 0.6) is 0 Å². The second-order valence-corrected chi connectivity index (χ2v) is 21.2. The molecule has 0 fully saturated rings. The summed E-state index contributed by atoms with van der Waals surface area (Å²) in [6.07, 6.45) is 0. The summed E-state index contributed by atoms with van der Waals surface area (Å²) < 4.78 is 5.19. The number of rotatable bonds is 4. The van der Waals surface area contributed by atoms with Crippen molar-refractivity contribution in [3.05, 3.63) is 194 Å². The Labute approximate surface area is 399 Å². The monoisotopic (exact) mass is 916 g/mol. The minimum absolute atomic E-state index is 0.105. The molecular formula is C56H38B2N4S4. The molecule has 312 valence electrons. The first-order valence-electron chi connectivity index (χ1n) is 22.0. The number of hydrogen-bond donors (Lipinski definition) is 4. The molecule has 6 N–H and O–H groups in total. The number of anilines is 4. The Balaban J connectivity index is 0.000000145. The van der Waals surface area contributed by atoms with Crippen LogP contribution in [0.15, 0.2) is 194 Å². The Kier molecular flexibility index (Phi) is 9.42. The Morgan fingerprint density at radius 1 is 0.348 bits per heavy atom. The number of fused-ring (bicyclic) bond motifs is 12. The van der Waals surface area contributed by atoms with Crippen molar-refractivity contribution >= 4 is 144 Å². The second-order valence-electron chi connectivity index (χ2n) is 16.9. The lowest BCUT2D eigenvalue weighted by Gasteiger charge is -2.31. The van der Waals surface area contributed by atoms with Crippen LogP contribution in [0.3, 0.4) is 0 Å². The van der Waals surface area contributed by atoms with Gasteiger partial charge in [0.1, 0.15) is 0 Å². The molecule has 0 radical (unpaired) electrons. The van der Waals surface area contributed by atoms with Gasteiger partial charge < -0.3 is 21.9 Å². The number of nitrogens with one attached hydrogen (secondary N) is 2. The van der Waals surface area contributed by atoms with Crippen LogP contribution in [-0.2, 0) is 0 Å². The quantitative estimate of drug-likeness (QED) is 0.105. The van der Waals surface area contributed by atoms with Crippen molar-refractivity contribution in [3.8, 4) is 41.8 Å². The first kappa shape index (κ1) is 39.3. The fourth-order valence-corrected chi connectivity index (χ4v) is 14.6. The predicted octanol–water partition coefficient (Wildman–Crippen LogP) is 13.1. The predicted molar refractivity (Wildman–Crippen MR) is 295 cm³/mol.